The zero-order valence-electron chi connectivity index (χ0n) is 25.6. The molecule has 0 aliphatic heterocycles. The summed E-state index contributed by atoms with van der Waals surface area (Å²) in [6.45, 7) is 4.35. The largest absolute Gasteiger partial charge is 0.394 e. The summed E-state index contributed by atoms with van der Waals surface area (Å²) in [6.07, 6.45) is 7.12. The van der Waals surface area contributed by atoms with Crippen molar-refractivity contribution in [1.29, 1.82) is 0 Å². The van der Waals surface area contributed by atoms with Crippen molar-refractivity contribution in [1.82, 2.24) is 20.0 Å². The first kappa shape index (κ1) is 34.7. The quantitative estimate of drug-likeness (QED) is 0.233. The Labute approximate surface area is 255 Å². The molecule has 0 bridgehead atoms. The van der Waals surface area contributed by atoms with Crippen LogP contribution in [0.4, 0.5) is 0 Å². The summed E-state index contributed by atoms with van der Waals surface area (Å²) < 4.78 is 27.1. The van der Waals surface area contributed by atoms with Gasteiger partial charge in [-0.3, -0.25) is 20.0 Å². The summed E-state index contributed by atoms with van der Waals surface area (Å²) in [5, 5.41) is 30.5. The van der Waals surface area contributed by atoms with Crippen LogP contribution < -0.4 is 5.43 Å². The molecule has 1 saturated carbocycles. The van der Waals surface area contributed by atoms with E-state index in [9.17, 15) is 33.3 Å². The van der Waals surface area contributed by atoms with E-state index in [4.69, 9.17) is 0 Å². The van der Waals surface area contributed by atoms with Crippen molar-refractivity contribution in [2.75, 3.05) is 18.9 Å². The highest BCUT2D eigenvalue weighted by molar-refractivity contribution is 7.92. The molecule has 0 saturated heterocycles. The fourth-order valence-electron chi connectivity index (χ4n) is 5.18. The van der Waals surface area contributed by atoms with Gasteiger partial charge in [-0.05, 0) is 57.9 Å². The Morgan fingerprint density at radius 3 is 2.40 bits per heavy atom. The van der Waals surface area contributed by atoms with Crippen molar-refractivity contribution < 1.29 is 33.3 Å². The topological polar surface area (TPSA) is 162 Å². The van der Waals surface area contributed by atoms with Crippen molar-refractivity contribution in [2.45, 2.75) is 95.6 Å². The van der Waals surface area contributed by atoms with Gasteiger partial charge in [0.2, 0.25) is 11.8 Å². The minimum atomic E-state index is -3.71. The van der Waals surface area contributed by atoms with E-state index >= 15 is 0 Å². The highest BCUT2D eigenvalue weighted by atomic mass is 32.2. The van der Waals surface area contributed by atoms with Crippen molar-refractivity contribution in [3.05, 3.63) is 54.1 Å². The number of carbonyl (C=O) groups is 2. The monoisotopic (exact) mass is 620 g/mol. The number of amides is 2. The van der Waals surface area contributed by atoms with E-state index in [0.717, 1.165) is 17.1 Å². The minimum Gasteiger partial charge on any atom is -0.394 e. The number of sulfone groups is 1. The molecule has 0 spiro atoms. The Bertz CT molecular complexity index is 1270. The molecule has 0 radical (unpaired) electrons. The second-order valence-corrected chi connectivity index (χ2v) is 15.4. The number of aryl methyl sites for hydroxylation is 1. The Kier molecular flexibility index (Phi) is 12.7. The fraction of sp³-hybridized carbons (Fsp3) is 0.645. The summed E-state index contributed by atoms with van der Waals surface area (Å²) in [5.74, 6) is -2.10. The molecule has 1 aromatic heterocycles. The standard InChI is InChI=1S/C31H48N4O7S/c1-31(2,3)43(41,42)21-25(16-23-10-6-4-7-11-23)30(40)33-35(19-27(37)28(38)20-36)29(39)15-14-26-18-34(22-32-26)17-24-12-8-5-9-13-24/h4,6-7,10-11,18,22,24-25,27-28,36-38H,5,8-9,12-17,19-21H2,1-3H3,(H,33,40)/t25?,27-,28?/m1/s1. The van der Waals surface area contributed by atoms with E-state index in [1.54, 1.807) is 51.4 Å². The predicted octanol–water partition coefficient (Wildman–Crippen LogP) is 2.04. The number of hydrogen-bond acceptors (Lipinski definition) is 8. The van der Waals surface area contributed by atoms with Gasteiger partial charge < -0.3 is 19.9 Å². The molecule has 4 N–H and O–H groups in total. The molecule has 1 heterocycles. The lowest BCUT2D eigenvalue weighted by Gasteiger charge is -2.30. The van der Waals surface area contributed by atoms with E-state index in [1.165, 1.54) is 32.1 Å². The molecule has 1 aliphatic carbocycles. The molecule has 1 fully saturated rings. The number of nitrogens with one attached hydrogen (secondary N) is 1. The number of aromatic nitrogens is 2. The van der Waals surface area contributed by atoms with Crippen LogP contribution in [0.15, 0.2) is 42.9 Å². The van der Waals surface area contributed by atoms with E-state index in [0.29, 0.717) is 11.6 Å². The Morgan fingerprint density at radius 1 is 1.09 bits per heavy atom. The third-order valence-corrected chi connectivity index (χ3v) is 10.8. The highest BCUT2D eigenvalue weighted by Crippen LogP contribution is 2.25. The van der Waals surface area contributed by atoms with Gasteiger partial charge in [0, 0.05) is 19.2 Å². The molecule has 3 rings (SSSR count). The van der Waals surface area contributed by atoms with Crippen LogP contribution in [0, 0.1) is 11.8 Å². The maximum Gasteiger partial charge on any atom is 0.243 e. The Hall–Kier alpha value is -2.80. The summed E-state index contributed by atoms with van der Waals surface area (Å²) >= 11 is 0. The number of carbonyl (C=O) groups excluding carboxylic acids is 2. The number of hydrazine groups is 1. The Morgan fingerprint density at radius 2 is 1.77 bits per heavy atom. The van der Waals surface area contributed by atoms with Crippen molar-refractivity contribution >= 4 is 21.7 Å². The normalized spacial score (nSPS) is 16.8. The zero-order valence-corrected chi connectivity index (χ0v) is 26.4. The number of rotatable bonds is 14. The lowest BCUT2D eigenvalue weighted by molar-refractivity contribution is -0.146. The predicted molar refractivity (Wildman–Crippen MR) is 163 cm³/mol. The summed E-state index contributed by atoms with van der Waals surface area (Å²) in [7, 11) is -3.71. The first-order valence-corrected chi connectivity index (χ1v) is 16.8. The average molecular weight is 621 g/mol. The van der Waals surface area contributed by atoms with Crippen LogP contribution in [-0.2, 0) is 38.8 Å². The highest BCUT2D eigenvalue weighted by Gasteiger charge is 2.35. The van der Waals surface area contributed by atoms with Crippen LogP contribution in [0.1, 0.15) is 70.6 Å². The zero-order chi connectivity index (χ0) is 31.6. The van der Waals surface area contributed by atoms with Crippen LogP contribution in [0.3, 0.4) is 0 Å². The molecule has 43 heavy (non-hydrogen) atoms. The van der Waals surface area contributed by atoms with Gasteiger partial charge in [-0.2, -0.15) is 0 Å². The number of aliphatic hydroxyl groups is 3. The van der Waals surface area contributed by atoms with Crippen LogP contribution in [-0.4, -0.2) is 86.0 Å². The summed E-state index contributed by atoms with van der Waals surface area (Å²) in [6, 6.07) is 8.99. The minimum absolute atomic E-state index is 0.0493. The fourth-order valence-corrected chi connectivity index (χ4v) is 6.48. The van der Waals surface area contributed by atoms with Crippen molar-refractivity contribution in [3.63, 3.8) is 0 Å². The van der Waals surface area contributed by atoms with E-state index in [-0.39, 0.29) is 19.3 Å². The van der Waals surface area contributed by atoms with Gasteiger partial charge in [-0.25, -0.2) is 13.4 Å². The van der Waals surface area contributed by atoms with Gasteiger partial charge in [0.05, 0.1) is 41.6 Å². The van der Waals surface area contributed by atoms with Crippen molar-refractivity contribution in [2.24, 2.45) is 11.8 Å². The van der Waals surface area contributed by atoms with Crippen LogP contribution in [0.5, 0.6) is 0 Å². The molecule has 2 amide bonds. The number of aliphatic hydroxyl groups excluding tert-OH is 3. The lowest BCUT2D eigenvalue weighted by Crippen LogP contribution is -2.54. The molecule has 12 heteroatoms. The van der Waals surface area contributed by atoms with Crippen molar-refractivity contribution in [3.8, 4) is 0 Å². The van der Waals surface area contributed by atoms with Crippen LogP contribution in [0.25, 0.3) is 0 Å². The molecule has 3 atom stereocenters. The Balaban J connectivity index is 1.73. The number of imidazole rings is 1. The van der Waals surface area contributed by atoms with Gasteiger partial charge >= 0.3 is 0 Å². The second-order valence-electron chi connectivity index (χ2n) is 12.6. The molecule has 2 unspecified atom stereocenters. The first-order chi connectivity index (χ1) is 20.3. The summed E-state index contributed by atoms with van der Waals surface area (Å²) in [5.41, 5.74) is 3.99. The smallest absolute Gasteiger partial charge is 0.243 e. The third-order valence-electron chi connectivity index (χ3n) is 8.07. The number of hydrogen-bond donors (Lipinski definition) is 4. The number of benzene rings is 1. The number of nitrogens with zero attached hydrogens (tertiary/aromatic N) is 3. The van der Waals surface area contributed by atoms with Crippen LogP contribution in [0.2, 0.25) is 0 Å². The summed E-state index contributed by atoms with van der Waals surface area (Å²) in [4.78, 5) is 31.4. The average Bonchev–Trinajstić information content (AvgIpc) is 3.42. The molecule has 1 aliphatic rings. The van der Waals surface area contributed by atoms with Gasteiger partial charge in [0.15, 0.2) is 9.84 Å². The van der Waals surface area contributed by atoms with Gasteiger partial charge in [0.25, 0.3) is 0 Å². The first-order valence-electron chi connectivity index (χ1n) is 15.1. The molecule has 1 aromatic carbocycles. The van der Waals surface area contributed by atoms with E-state index in [1.807, 2.05) is 16.8 Å². The van der Waals surface area contributed by atoms with Gasteiger partial charge in [0.1, 0.15) is 12.2 Å². The van der Waals surface area contributed by atoms with E-state index in [2.05, 4.69) is 10.4 Å². The maximum absolute atomic E-state index is 13.6. The third kappa shape index (κ3) is 10.7. The molecular formula is C31H48N4O7S. The van der Waals surface area contributed by atoms with E-state index < -0.39 is 63.4 Å². The molecular weight excluding hydrogens is 572 g/mol. The molecule has 240 valence electrons. The molecule has 11 nitrogen and oxygen atoms in total. The van der Waals surface area contributed by atoms with Gasteiger partial charge in [-0.1, -0.05) is 49.6 Å². The lowest BCUT2D eigenvalue weighted by atomic mass is 9.89. The van der Waals surface area contributed by atoms with Crippen LogP contribution >= 0.6 is 0 Å². The molecule has 2 aromatic rings. The maximum atomic E-state index is 13.6. The second kappa shape index (κ2) is 15.8. The van der Waals surface area contributed by atoms with Gasteiger partial charge in [-0.15, -0.1) is 0 Å². The SMILES string of the molecule is CC(C)(C)S(=O)(=O)CC(Cc1ccccc1)C(=O)NN(C[C@@H](O)C(O)CO)C(=O)CCc1cn(CC2CCCCC2)cn1.